The summed E-state index contributed by atoms with van der Waals surface area (Å²) in [6.07, 6.45) is 0.529. The standard InChI is InChI=1S/C8H14N4O3S/c1-2-15-8-10-7(9)12(11-8)6-3-4-16(13,14)5-6/h6H,2-5H2,1H3,(H2,9,10,11). The van der Waals surface area contributed by atoms with Gasteiger partial charge in [0.2, 0.25) is 5.95 Å². The third kappa shape index (κ3) is 2.11. The van der Waals surface area contributed by atoms with Crippen molar-refractivity contribution in [3.05, 3.63) is 0 Å². The summed E-state index contributed by atoms with van der Waals surface area (Å²) in [4.78, 5) is 3.91. The van der Waals surface area contributed by atoms with E-state index in [2.05, 4.69) is 10.1 Å². The second-order valence-corrected chi connectivity index (χ2v) is 5.92. The lowest BCUT2D eigenvalue weighted by Crippen LogP contribution is -2.14. The molecule has 0 amide bonds. The summed E-state index contributed by atoms with van der Waals surface area (Å²) in [7, 11) is -2.95. The second-order valence-electron chi connectivity index (χ2n) is 3.69. The quantitative estimate of drug-likeness (QED) is 0.780. The zero-order chi connectivity index (χ0) is 11.8. The molecule has 1 aromatic heterocycles. The van der Waals surface area contributed by atoms with Gasteiger partial charge < -0.3 is 10.5 Å². The Balaban J connectivity index is 2.21. The Morgan fingerprint density at radius 2 is 2.38 bits per heavy atom. The number of sulfone groups is 1. The summed E-state index contributed by atoms with van der Waals surface area (Å²) in [5.74, 6) is 0.457. The van der Waals surface area contributed by atoms with Crippen molar-refractivity contribution in [3.8, 4) is 6.01 Å². The number of nitrogen functional groups attached to an aromatic ring is 1. The molecule has 0 radical (unpaired) electrons. The highest BCUT2D eigenvalue weighted by Crippen LogP contribution is 2.25. The first-order valence-electron chi connectivity index (χ1n) is 5.07. The molecule has 1 fully saturated rings. The highest BCUT2D eigenvalue weighted by molar-refractivity contribution is 7.91. The average Bonchev–Trinajstić information content (AvgIpc) is 2.70. The van der Waals surface area contributed by atoms with Crippen LogP contribution in [-0.2, 0) is 9.84 Å². The molecule has 16 heavy (non-hydrogen) atoms. The molecule has 90 valence electrons. The Morgan fingerprint density at radius 3 is 2.94 bits per heavy atom. The number of hydrogen-bond acceptors (Lipinski definition) is 6. The van der Waals surface area contributed by atoms with Gasteiger partial charge in [0, 0.05) is 0 Å². The van der Waals surface area contributed by atoms with Crippen molar-refractivity contribution in [2.45, 2.75) is 19.4 Å². The van der Waals surface area contributed by atoms with Crippen molar-refractivity contribution in [2.75, 3.05) is 23.8 Å². The summed E-state index contributed by atoms with van der Waals surface area (Å²) in [6.45, 7) is 2.27. The molecular weight excluding hydrogens is 232 g/mol. The van der Waals surface area contributed by atoms with Crippen molar-refractivity contribution < 1.29 is 13.2 Å². The van der Waals surface area contributed by atoms with Crippen LogP contribution in [0, 0.1) is 0 Å². The van der Waals surface area contributed by atoms with Crippen LogP contribution < -0.4 is 10.5 Å². The molecular formula is C8H14N4O3S. The largest absolute Gasteiger partial charge is 0.463 e. The molecule has 2 heterocycles. The van der Waals surface area contributed by atoms with Crippen molar-refractivity contribution in [2.24, 2.45) is 0 Å². The van der Waals surface area contributed by atoms with E-state index in [-0.39, 0.29) is 29.5 Å². The van der Waals surface area contributed by atoms with Gasteiger partial charge in [0.05, 0.1) is 24.2 Å². The molecule has 2 N–H and O–H groups in total. The van der Waals surface area contributed by atoms with Crippen LogP contribution in [-0.4, -0.2) is 41.3 Å². The SMILES string of the molecule is CCOc1nc(N)n(C2CCS(=O)(=O)C2)n1. The summed E-state index contributed by atoms with van der Waals surface area (Å²) in [6, 6.07) is -0.0176. The van der Waals surface area contributed by atoms with E-state index >= 15 is 0 Å². The Kier molecular flexibility index (Phi) is 2.75. The molecule has 7 nitrogen and oxygen atoms in total. The van der Waals surface area contributed by atoms with E-state index in [1.54, 1.807) is 0 Å². The van der Waals surface area contributed by atoms with Gasteiger partial charge in [-0.2, -0.15) is 4.98 Å². The topological polar surface area (TPSA) is 100 Å². The third-order valence-electron chi connectivity index (χ3n) is 2.47. The average molecular weight is 246 g/mol. The zero-order valence-corrected chi connectivity index (χ0v) is 9.77. The minimum absolute atomic E-state index is 0.0755. The van der Waals surface area contributed by atoms with Crippen LogP contribution >= 0.6 is 0 Å². The molecule has 1 aromatic rings. The van der Waals surface area contributed by atoms with Gasteiger partial charge in [0.15, 0.2) is 9.84 Å². The monoisotopic (exact) mass is 246 g/mol. The van der Waals surface area contributed by atoms with Gasteiger partial charge in [-0.1, -0.05) is 0 Å². The Morgan fingerprint density at radius 1 is 1.62 bits per heavy atom. The first-order chi connectivity index (χ1) is 7.52. The number of nitrogens with zero attached hydrogens (tertiary/aromatic N) is 3. The first-order valence-corrected chi connectivity index (χ1v) is 6.89. The maximum atomic E-state index is 11.3. The number of anilines is 1. The van der Waals surface area contributed by atoms with Crippen LogP contribution in [0.4, 0.5) is 5.95 Å². The Hall–Kier alpha value is -1.31. The fraction of sp³-hybridized carbons (Fsp3) is 0.750. The summed E-state index contributed by atoms with van der Waals surface area (Å²) < 4.78 is 29.2. The molecule has 0 spiro atoms. The smallest absolute Gasteiger partial charge is 0.337 e. The fourth-order valence-corrected chi connectivity index (χ4v) is 3.43. The molecule has 0 aromatic carbocycles. The van der Waals surface area contributed by atoms with Gasteiger partial charge in [-0.25, -0.2) is 13.1 Å². The lowest BCUT2D eigenvalue weighted by molar-refractivity contribution is 0.308. The molecule has 1 saturated heterocycles. The summed E-state index contributed by atoms with van der Waals surface area (Å²) in [5.41, 5.74) is 5.65. The van der Waals surface area contributed by atoms with Gasteiger partial charge >= 0.3 is 6.01 Å². The molecule has 8 heteroatoms. The molecule has 1 atom stereocenters. The normalized spacial score (nSPS) is 23.4. The minimum atomic E-state index is -2.95. The van der Waals surface area contributed by atoms with E-state index in [0.29, 0.717) is 13.0 Å². The predicted molar refractivity (Wildman–Crippen MR) is 57.9 cm³/mol. The lowest BCUT2D eigenvalue weighted by Gasteiger charge is -2.07. The number of ether oxygens (including phenoxy) is 1. The molecule has 0 saturated carbocycles. The fourth-order valence-electron chi connectivity index (χ4n) is 1.74. The van der Waals surface area contributed by atoms with Crippen LogP contribution in [0.3, 0.4) is 0 Å². The number of nitrogens with two attached hydrogens (primary N) is 1. The van der Waals surface area contributed by atoms with Gasteiger partial charge in [-0.3, -0.25) is 0 Å². The zero-order valence-electron chi connectivity index (χ0n) is 8.96. The van der Waals surface area contributed by atoms with Gasteiger partial charge in [-0.15, -0.1) is 5.10 Å². The molecule has 1 unspecified atom stereocenters. The van der Waals surface area contributed by atoms with Crippen molar-refractivity contribution >= 4 is 15.8 Å². The van der Waals surface area contributed by atoms with Crippen LogP contribution in [0.5, 0.6) is 6.01 Å². The number of aromatic nitrogens is 3. The molecule has 2 rings (SSSR count). The number of rotatable bonds is 3. The molecule has 0 bridgehead atoms. The van der Waals surface area contributed by atoms with Crippen molar-refractivity contribution in [3.63, 3.8) is 0 Å². The Labute approximate surface area is 93.5 Å². The van der Waals surface area contributed by atoms with E-state index in [4.69, 9.17) is 10.5 Å². The second kappa shape index (κ2) is 3.93. The highest BCUT2D eigenvalue weighted by atomic mass is 32.2. The van der Waals surface area contributed by atoms with E-state index < -0.39 is 9.84 Å². The highest BCUT2D eigenvalue weighted by Gasteiger charge is 2.31. The minimum Gasteiger partial charge on any atom is -0.463 e. The van der Waals surface area contributed by atoms with Crippen LogP contribution in [0.2, 0.25) is 0 Å². The lowest BCUT2D eigenvalue weighted by atomic mass is 10.3. The van der Waals surface area contributed by atoms with E-state index in [9.17, 15) is 8.42 Å². The van der Waals surface area contributed by atoms with E-state index in [1.807, 2.05) is 6.92 Å². The van der Waals surface area contributed by atoms with Crippen molar-refractivity contribution in [1.29, 1.82) is 0 Å². The maximum absolute atomic E-state index is 11.3. The number of hydrogen-bond donors (Lipinski definition) is 1. The van der Waals surface area contributed by atoms with Gasteiger partial charge in [0.25, 0.3) is 0 Å². The van der Waals surface area contributed by atoms with Gasteiger partial charge in [-0.05, 0) is 13.3 Å². The van der Waals surface area contributed by atoms with Crippen LogP contribution in [0.25, 0.3) is 0 Å². The maximum Gasteiger partial charge on any atom is 0.337 e. The van der Waals surface area contributed by atoms with Crippen LogP contribution in [0.1, 0.15) is 19.4 Å². The molecule has 1 aliphatic rings. The Bertz CT molecular complexity index is 481. The first kappa shape index (κ1) is 11.2. The van der Waals surface area contributed by atoms with E-state index in [0.717, 1.165) is 0 Å². The van der Waals surface area contributed by atoms with Crippen LogP contribution in [0.15, 0.2) is 0 Å². The van der Waals surface area contributed by atoms with Gasteiger partial charge in [0.1, 0.15) is 0 Å². The third-order valence-corrected chi connectivity index (χ3v) is 4.22. The van der Waals surface area contributed by atoms with Crippen molar-refractivity contribution in [1.82, 2.24) is 14.8 Å². The summed E-state index contributed by atoms with van der Waals surface area (Å²) in [5, 5.41) is 4.04. The predicted octanol–water partition coefficient (Wildman–Crippen LogP) is -0.381. The summed E-state index contributed by atoms with van der Waals surface area (Å²) >= 11 is 0. The molecule has 1 aliphatic heterocycles. The molecule has 0 aliphatic carbocycles. The van der Waals surface area contributed by atoms with E-state index in [1.165, 1.54) is 4.68 Å².